The van der Waals surface area contributed by atoms with Crippen LogP contribution in [0.4, 0.5) is 13.2 Å². The summed E-state index contributed by atoms with van der Waals surface area (Å²) in [7, 11) is 0. The Hall–Kier alpha value is -2.83. The SMILES string of the molecule is O=C(O)c1cccc2c(-c3ccc(F)c(F)c3F)[nH]nc12. The Labute approximate surface area is 115 Å². The quantitative estimate of drug-likeness (QED) is 0.712. The molecule has 0 fully saturated rings. The van der Waals surface area contributed by atoms with Crippen LogP contribution in [0.15, 0.2) is 30.3 Å². The van der Waals surface area contributed by atoms with Crippen molar-refractivity contribution < 1.29 is 23.1 Å². The molecule has 1 aromatic heterocycles. The maximum Gasteiger partial charge on any atom is 0.337 e. The lowest BCUT2D eigenvalue weighted by molar-refractivity contribution is 0.0699. The van der Waals surface area contributed by atoms with Crippen molar-refractivity contribution in [3.8, 4) is 11.3 Å². The minimum absolute atomic E-state index is 0.0713. The highest BCUT2D eigenvalue weighted by molar-refractivity contribution is 6.05. The maximum atomic E-state index is 13.8. The Kier molecular flexibility index (Phi) is 2.90. The summed E-state index contributed by atoms with van der Waals surface area (Å²) < 4.78 is 40.1. The number of aromatic nitrogens is 2. The Morgan fingerprint density at radius 1 is 1.10 bits per heavy atom. The molecule has 3 aromatic rings. The molecule has 0 atom stereocenters. The average molecular weight is 292 g/mol. The molecule has 0 aliphatic heterocycles. The summed E-state index contributed by atoms with van der Waals surface area (Å²) in [5.41, 5.74) is -0.0921. The number of fused-ring (bicyclic) bond motifs is 1. The summed E-state index contributed by atoms with van der Waals surface area (Å²) >= 11 is 0. The molecule has 4 nitrogen and oxygen atoms in total. The molecule has 3 rings (SSSR count). The lowest BCUT2D eigenvalue weighted by Crippen LogP contribution is -1.97. The minimum Gasteiger partial charge on any atom is -0.478 e. The van der Waals surface area contributed by atoms with Gasteiger partial charge in [-0.15, -0.1) is 0 Å². The van der Waals surface area contributed by atoms with Gasteiger partial charge in [-0.1, -0.05) is 12.1 Å². The highest BCUT2D eigenvalue weighted by Crippen LogP contribution is 2.31. The summed E-state index contributed by atoms with van der Waals surface area (Å²) in [6.45, 7) is 0. The van der Waals surface area contributed by atoms with Gasteiger partial charge in [0.2, 0.25) is 0 Å². The zero-order chi connectivity index (χ0) is 15.1. The zero-order valence-electron chi connectivity index (χ0n) is 10.3. The normalized spacial score (nSPS) is 11.0. The van der Waals surface area contributed by atoms with Gasteiger partial charge >= 0.3 is 5.97 Å². The lowest BCUT2D eigenvalue weighted by Gasteiger charge is -2.03. The average Bonchev–Trinajstić information content (AvgIpc) is 2.88. The van der Waals surface area contributed by atoms with Crippen molar-refractivity contribution >= 4 is 16.9 Å². The monoisotopic (exact) mass is 292 g/mol. The molecule has 0 saturated heterocycles. The number of aromatic amines is 1. The number of aromatic carboxylic acids is 1. The van der Waals surface area contributed by atoms with Gasteiger partial charge in [-0.05, 0) is 18.2 Å². The van der Waals surface area contributed by atoms with Gasteiger partial charge in [0, 0.05) is 10.9 Å². The van der Waals surface area contributed by atoms with Gasteiger partial charge in [-0.3, -0.25) is 5.10 Å². The summed E-state index contributed by atoms with van der Waals surface area (Å²) in [5.74, 6) is -5.44. The predicted octanol–water partition coefficient (Wildman–Crippen LogP) is 3.35. The fraction of sp³-hybridized carbons (Fsp3) is 0. The Morgan fingerprint density at radius 3 is 2.57 bits per heavy atom. The van der Waals surface area contributed by atoms with E-state index in [1.165, 1.54) is 18.2 Å². The molecule has 1 heterocycles. The van der Waals surface area contributed by atoms with Crippen molar-refractivity contribution in [2.24, 2.45) is 0 Å². The summed E-state index contributed by atoms with van der Waals surface area (Å²) in [6.07, 6.45) is 0. The number of carbonyl (C=O) groups is 1. The van der Waals surface area contributed by atoms with Crippen molar-refractivity contribution in [3.63, 3.8) is 0 Å². The van der Waals surface area contributed by atoms with Gasteiger partial charge in [0.25, 0.3) is 0 Å². The van der Waals surface area contributed by atoms with Gasteiger partial charge in [-0.25, -0.2) is 18.0 Å². The Balaban J connectivity index is 2.30. The van der Waals surface area contributed by atoms with E-state index in [0.29, 0.717) is 5.39 Å². The third kappa shape index (κ3) is 1.94. The molecular weight excluding hydrogens is 285 g/mol. The number of carboxylic acids is 1. The highest BCUT2D eigenvalue weighted by Gasteiger charge is 2.20. The highest BCUT2D eigenvalue weighted by atomic mass is 19.2. The second-order valence-corrected chi connectivity index (χ2v) is 4.33. The molecule has 0 bridgehead atoms. The van der Waals surface area contributed by atoms with Crippen LogP contribution in [0.5, 0.6) is 0 Å². The number of benzene rings is 2. The smallest absolute Gasteiger partial charge is 0.337 e. The number of para-hydroxylation sites is 1. The molecule has 0 amide bonds. The zero-order valence-corrected chi connectivity index (χ0v) is 10.3. The third-order valence-corrected chi connectivity index (χ3v) is 3.12. The molecule has 0 saturated carbocycles. The Morgan fingerprint density at radius 2 is 1.86 bits per heavy atom. The van der Waals surface area contributed by atoms with Crippen LogP contribution in [-0.2, 0) is 0 Å². The van der Waals surface area contributed by atoms with E-state index in [9.17, 15) is 18.0 Å². The van der Waals surface area contributed by atoms with Crippen molar-refractivity contribution in [2.75, 3.05) is 0 Å². The fourth-order valence-corrected chi connectivity index (χ4v) is 2.13. The largest absolute Gasteiger partial charge is 0.478 e. The molecular formula is C14H7F3N2O2. The first-order valence-electron chi connectivity index (χ1n) is 5.85. The van der Waals surface area contributed by atoms with Crippen LogP contribution in [0.1, 0.15) is 10.4 Å². The molecule has 0 radical (unpaired) electrons. The van der Waals surface area contributed by atoms with Crippen LogP contribution < -0.4 is 0 Å². The number of rotatable bonds is 2. The van der Waals surface area contributed by atoms with Crippen LogP contribution >= 0.6 is 0 Å². The van der Waals surface area contributed by atoms with E-state index >= 15 is 0 Å². The van der Waals surface area contributed by atoms with Crippen molar-refractivity contribution in [2.45, 2.75) is 0 Å². The summed E-state index contributed by atoms with van der Waals surface area (Å²) in [6, 6.07) is 6.18. The first kappa shape index (κ1) is 13.2. The second kappa shape index (κ2) is 4.62. The van der Waals surface area contributed by atoms with Crippen LogP contribution in [-0.4, -0.2) is 21.3 Å². The van der Waals surface area contributed by atoms with Gasteiger partial charge in [0.15, 0.2) is 17.5 Å². The second-order valence-electron chi connectivity index (χ2n) is 4.33. The van der Waals surface area contributed by atoms with E-state index in [-0.39, 0.29) is 22.3 Å². The molecule has 0 aliphatic carbocycles. The third-order valence-electron chi connectivity index (χ3n) is 3.12. The summed E-state index contributed by atoms with van der Waals surface area (Å²) in [5, 5.41) is 15.7. The maximum absolute atomic E-state index is 13.8. The number of hydrogen-bond donors (Lipinski definition) is 2. The van der Waals surface area contributed by atoms with E-state index in [1.54, 1.807) is 0 Å². The van der Waals surface area contributed by atoms with E-state index in [4.69, 9.17) is 5.11 Å². The predicted molar refractivity (Wildman–Crippen MR) is 68.4 cm³/mol. The van der Waals surface area contributed by atoms with Gasteiger partial charge in [0.1, 0.15) is 5.52 Å². The number of nitrogens with one attached hydrogen (secondary N) is 1. The van der Waals surface area contributed by atoms with E-state index in [0.717, 1.165) is 12.1 Å². The van der Waals surface area contributed by atoms with Gasteiger partial charge < -0.3 is 5.11 Å². The van der Waals surface area contributed by atoms with Gasteiger partial charge in [-0.2, -0.15) is 5.10 Å². The molecule has 0 spiro atoms. The van der Waals surface area contributed by atoms with Crippen molar-refractivity contribution in [1.82, 2.24) is 10.2 Å². The Bertz CT molecular complexity index is 874. The van der Waals surface area contributed by atoms with E-state index < -0.39 is 23.4 Å². The molecule has 0 unspecified atom stereocenters. The van der Waals surface area contributed by atoms with E-state index in [1.807, 2.05) is 0 Å². The van der Waals surface area contributed by atoms with Crippen LogP contribution in [0.2, 0.25) is 0 Å². The fourth-order valence-electron chi connectivity index (χ4n) is 2.13. The molecule has 2 N–H and O–H groups in total. The van der Waals surface area contributed by atoms with Crippen molar-refractivity contribution in [1.29, 1.82) is 0 Å². The topological polar surface area (TPSA) is 66.0 Å². The molecule has 2 aromatic carbocycles. The summed E-state index contributed by atoms with van der Waals surface area (Å²) in [4.78, 5) is 11.1. The number of hydrogen-bond acceptors (Lipinski definition) is 2. The lowest BCUT2D eigenvalue weighted by atomic mass is 10.0. The van der Waals surface area contributed by atoms with Crippen LogP contribution in [0.25, 0.3) is 22.2 Å². The molecule has 21 heavy (non-hydrogen) atoms. The van der Waals surface area contributed by atoms with Crippen LogP contribution in [0.3, 0.4) is 0 Å². The first-order chi connectivity index (χ1) is 10.0. The number of nitrogens with zero attached hydrogens (tertiary/aromatic N) is 1. The number of carboxylic acid groups (broad SMARTS) is 1. The number of halogens is 3. The first-order valence-corrected chi connectivity index (χ1v) is 5.85. The molecule has 106 valence electrons. The molecule has 0 aliphatic rings. The molecule has 7 heteroatoms. The van der Waals surface area contributed by atoms with Gasteiger partial charge in [0.05, 0.1) is 11.3 Å². The standard InChI is InChI=1S/C14H7F3N2O2/c15-9-5-4-6(10(16)11(9)17)12-7-2-1-3-8(14(20)21)13(7)19-18-12/h1-5H,(H,18,19)(H,20,21). The van der Waals surface area contributed by atoms with Crippen LogP contribution in [0, 0.1) is 17.5 Å². The van der Waals surface area contributed by atoms with E-state index in [2.05, 4.69) is 10.2 Å². The minimum atomic E-state index is -1.59. The number of H-pyrrole nitrogens is 1. The van der Waals surface area contributed by atoms with Crippen molar-refractivity contribution in [3.05, 3.63) is 53.3 Å².